The van der Waals surface area contributed by atoms with E-state index in [1.807, 2.05) is 34.9 Å². The molecule has 2 heterocycles. The highest BCUT2D eigenvalue weighted by molar-refractivity contribution is 5.82. The number of nitrogens with zero attached hydrogens (tertiary/aromatic N) is 2. The van der Waals surface area contributed by atoms with Crippen LogP contribution < -0.4 is 0 Å². The van der Waals surface area contributed by atoms with E-state index < -0.39 is 23.5 Å². The number of benzene rings is 2. The highest BCUT2D eigenvalue weighted by Crippen LogP contribution is 2.50. The molecule has 0 saturated heterocycles. The summed E-state index contributed by atoms with van der Waals surface area (Å²) in [6.45, 7) is 3.45. The third kappa shape index (κ3) is 4.31. The van der Waals surface area contributed by atoms with Crippen molar-refractivity contribution in [3.63, 3.8) is 0 Å². The van der Waals surface area contributed by atoms with Crippen LogP contribution in [-0.4, -0.2) is 27.0 Å². The monoisotopic (exact) mass is 496 g/mol. The fraction of sp³-hybridized carbons (Fsp3) is 0.320. The van der Waals surface area contributed by atoms with Gasteiger partial charge >= 0.3 is 12.4 Å². The molecule has 0 aliphatic rings. The minimum atomic E-state index is -5.95. The van der Waals surface area contributed by atoms with Crippen molar-refractivity contribution in [1.29, 1.82) is 0 Å². The van der Waals surface area contributed by atoms with Gasteiger partial charge in [-0.1, -0.05) is 36.4 Å². The maximum absolute atomic E-state index is 13.4. The zero-order chi connectivity index (χ0) is 25.6. The Morgan fingerprint density at radius 2 is 1.60 bits per heavy atom. The van der Waals surface area contributed by atoms with Gasteiger partial charge in [-0.05, 0) is 50.5 Å². The highest BCUT2D eigenvalue weighted by Gasteiger charge is 2.71. The van der Waals surface area contributed by atoms with Crippen LogP contribution in [-0.2, 0) is 12.0 Å². The lowest BCUT2D eigenvalue weighted by molar-refractivity contribution is -0.376. The Morgan fingerprint density at radius 3 is 2.17 bits per heavy atom. The number of aliphatic hydroxyl groups is 1. The van der Waals surface area contributed by atoms with Crippen molar-refractivity contribution in [2.75, 3.05) is 0 Å². The fourth-order valence-corrected chi connectivity index (χ4v) is 4.47. The van der Waals surface area contributed by atoms with Gasteiger partial charge in [-0.3, -0.25) is 0 Å². The largest absolute Gasteiger partial charge is 0.448 e. The lowest BCUT2D eigenvalue weighted by Crippen LogP contribution is -2.53. The molecule has 186 valence electrons. The summed E-state index contributed by atoms with van der Waals surface area (Å²) in [7, 11) is 0. The van der Waals surface area contributed by atoms with Crippen molar-refractivity contribution in [2.45, 2.75) is 50.7 Å². The number of aryl methyl sites for hydroxylation is 3. The average molecular weight is 496 g/mol. The minimum absolute atomic E-state index is 0.137. The zero-order valence-corrected chi connectivity index (χ0v) is 18.8. The summed E-state index contributed by atoms with van der Waals surface area (Å²) >= 11 is 0. The van der Waals surface area contributed by atoms with E-state index in [1.165, 1.54) is 18.5 Å². The molecule has 0 amide bonds. The number of rotatable bonds is 6. The second kappa shape index (κ2) is 8.75. The van der Waals surface area contributed by atoms with Crippen LogP contribution in [0.4, 0.5) is 26.3 Å². The Hall–Kier alpha value is -3.27. The van der Waals surface area contributed by atoms with Crippen LogP contribution >= 0.6 is 0 Å². The molecule has 0 saturated carbocycles. The second-order valence-electron chi connectivity index (χ2n) is 8.47. The Balaban J connectivity index is 1.83. The molecule has 1 N–H and O–H groups in total. The van der Waals surface area contributed by atoms with Crippen molar-refractivity contribution in [3.8, 4) is 0 Å². The summed E-state index contributed by atoms with van der Waals surface area (Å²) in [5.74, 6) is 0.560. The van der Waals surface area contributed by atoms with E-state index in [9.17, 15) is 31.4 Å². The first-order valence-electron chi connectivity index (χ1n) is 10.8. The van der Waals surface area contributed by atoms with E-state index in [0.29, 0.717) is 41.6 Å². The number of oxazole rings is 1. The fourth-order valence-electron chi connectivity index (χ4n) is 4.47. The second-order valence-corrected chi connectivity index (χ2v) is 8.47. The Labute approximate surface area is 196 Å². The molecule has 0 fully saturated rings. The summed E-state index contributed by atoms with van der Waals surface area (Å²) in [6, 6.07) is 13.3. The van der Waals surface area contributed by atoms with Crippen molar-refractivity contribution in [3.05, 3.63) is 89.3 Å². The standard InChI is InChI=1S/C25H22F6N2O2/c1-15-12-18-13-19(23(34,24(26,27)28)25(29,30)31)9-11-20(18)33(15)21(22-16(2)35-14-32-22)10-8-17-6-4-3-5-7-17/h3-7,9,11-14,21,34H,8,10H2,1-2H3. The van der Waals surface area contributed by atoms with Crippen LogP contribution in [0.25, 0.3) is 10.9 Å². The number of fused-ring (bicyclic) bond motifs is 1. The molecule has 0 aliphatic carbocycles. The van der Waals surface area contributed by atoms with Crippen LogP contribution in [0.15, 0.2) is 65.4 Å². The molecule has 0 radical (unpaired) electrons. The highest BCUT2D eigenvalue weighted by atomic mass is 19.4. The van der Waals surface area contributed by atoms with Crippen molar-refractivity contribution >= 4 is 10.9 Å². The van der Waals surface area contributed by atoms with Gasteiger partial charge in [0.2, 0.25) is 0 Å². The number of hydrogen-bond donors (Lipinski definition) is 1. The SMILES string of the molecule is Cc1ocnc1C(CCc1ccccc1)n1c(C)cc2cc(C(O)(C(F)(F)F)C(F)(F)F)ccc21. The van der Waals surface area contributed by atoms with Crippen LogP contribution in [0.5, 0.6) is 0 Å². The zero-order valence-electron chi connectivity index (χ0n) is 18.8. The van der Waals surface area contributed by atoms with Crippen LogP contribution in [0.2, 0.25) is 0 Å². The molecule has 2 aromatic heterocycles. The van der Waals surface area contributed by atoms with Gasteiger partial charge in [-0.25, -0.2) is 4.98 Å². The van der Waals surface area contributed by atoms with Gasteiger partial charge in [0.05, 0.1) is 6.04 Å². The van der Waals surface area contributed by atoms with E-state index in [2.05, 4.69) is 4.98 Å². The van der Waals surface area contributed by atoms with E-state index in [1.54, 1.807) is 13.8 Å². The first kappa shape index (κ1) is 24.8. The van der Waals surface area contributed by atoms with Gasteiger partial charge < -0.3 is 14.1 Å². The quantitative estimate of drug-likeness (QED) is 0.300. The summed E-state index contributed by atoms with van der Waals surface area (Å²) in [5.41, 5.74) is -3.57. The van der Waals surface area contributed by atoms with E-state index in [-0.39, 0.29) is 11.4 Å². The number of hydrogen-bond acceptors (Lipinski definition) is 3. The maximum Gasteiger partial charge on any atom is 0.430 e. The molecular weight excluding hydrogens is 474 g/mol. The van der Waals surface area contributed by atoms with Crippen LogP contribution in [0.3, 0.4) is 0 Å². The van der Waals surface area contributed by atoms with E-state index in [4.69, 9.17) is 4.42 Å². The third-order valence-electron chi connectivity index (χ3n) is 6.23. The minimum Gasteiger partial charge on any atom is -0.448 e. The first-order chi connectivity index (χ1) is 16.3. The van der Waals surface area contributed by atoms with Crippen molar-refractivity contribution in [1.82, 2.24) is 9.55 Å². The molecule has 35 heavy (non-hydrogen) atoms. The van der Waals surface area contributed by atoms with Gasteiger partial charge in [0.25, 0.3) is 5.60 Å². The third-order valence-corrected chi connectivity index (χ3v) is 6.23. The number of aromatic nitrogens is 2. The molecule has 4 rings (SSSR count). The molecule has 10 heteroatoms. The molecule has 2 aromatic carbocycles. The molecule has 4 nitrogen and oxygen atoms in total. The summed E-state index contributed by atoms with van der Waals surface area (Å²) in [4.78, 5) is 4.33. The molecule has 1 atom stereocenters. The lowest BCUT2D eigenvalue weighted by atomic mass is 9.91. The topological polar surface area (TPSA) is 51.2 Å². The summed E-state index contributed by atoms with van der Waals surface area (Å²) < 4.78 is 87.6. The molecular formula is C25H22F6N2O2. The van der Waals surface area contributed by atoms with Gasteiger partial charge in [0, 0.05) is 22.2 Å². The predicted molar refractivity (Wildman–Crippen MR) is 117 cm³/mol. The Kier molecular flexibility index (Phi) is 6.21. The number of alkyl halides is 6. The summed E-state index contributed by atoms with van der Waals surface area (Å²) in [5, 5.41) is 9.95. The van der Waals surface area contributed by atoms with Crippen LogP contribution in [0.1, 0.15) is 40.7 Å². The molecule has 0 aliphatic heterocycles. The Bertz CT molecular complexity index is 1310. The van der Waals surface area contributed by atoms with Gasteiger partial charge in [0.15, 0.2) is 6.39 Å². The molecule has 4 aromatic rings. The predicted octanol–water partition coefficient (Wildman–Crippen LogP) is 6.78. The Morgan fingerprint density at radius 1 is 0.943 bits per heavy atom. The molecule has 0 spiro atoms. The van der Waals surface area contributed by atoms with E-state index >= 15 is 0 Å². The number of halogens is 6. The smallest absolute Gasteiger partial charge is 0.430 e. The van der Waals surface area contributed by atoms with Crippen molar-refractivity contribution in [2.24, 2.45) is 0 Å². The molecule has 1 unspecified atom stereocenters. The lowest BCUT2D eigenvalue weighted by Gasteiger charge is -2.32. The molecule has 0 bridgehead atoms. The van der Waals surface area contributed by atoms with Crippen LogP contribution in [0, 0.1) is 13.8 Å². The van der Waals surface area contributed by atoms with E-state index in [0.717, 1.165) is 11.6 Å². The van der Waals surface area contributed by atoms with Gasteiger partial charge in [0.1, 0.15) is 11.5 Å². The maximum atomic E-state index is 13.4. The summed E-state index contributed by atoms with van der Waals surface area (Å²) in [6.07, 6.45) is -9.40. The van der Waals surface area contributed by atoms with Crippen molar-refractivity contribution < 1.29 is 35.9 Å². The van der Waals surface area contributed by atoms with Gasteiger partial charge in [-0.15, -0.1) is 0 Å². The van der Waals surface area contributed by atoms with Gasteiger partial charge in [-0.2, -0.15) is 26.3 Å². The average Bonchev–Trinajstić information content (AvgIpc) is 3.35. The normalized spacial score (nSPS) is 14.0. The first-order valence-corrected chi connectivity index (χ1v) is 10.8.